The molecule has 0 radical (unpaired) electrons. The molecule has 30 heavy (non-hydrogen) atoms. The number of rotatable bonds is 4. The van der Waals surface area contributed by atoms with Gasteiger partial charge in [-0.25, -0.2) is 9.59 Å². The Hall–Kier alpha value is -2.36. The van der Waals surface area contributed by atoms with Crippen LogP contribution in [0.15, 0.2) is 47.6 Å². The lowest BCUT2D eigenvalue weighted by atomic mass is 9.78. The molecule has 2 bridgehead atoms. The highest BCUT2D eigenvalue weighted by Gasteiger charge is 2.62. The van der Waals surface area contributed by atoms with Gasteiger partial charge in [0.05, 0.1) is 5.56 Å². The predicted molar refractivity (Wildman–Crippen MR) is 114 cm³/mol. The molecular weight excluding hydrogens is 376 g/mol. The Bertz CT molecular complexity index is 909. The Morgan fingerprint density at radius 2 is 1.43 bits per heavy atom. The third-order valence-electron chi connectivity index (χ3n) is 7.83. The van der Waals surface area contributed by atoms with Crippen molar-refractivity contribution in [1.29, 1.82) is 0 Å². The molecule has 0 heterocycles. The number of ether oxygens (including phenoxy) is 2. The topological polar surface area (TPSA) is 52.6 Å². The number of benzene rings is 1. The van der Waals surface area contributed by atoms with Gasteiger partial charge in [-0.15, -0.1) is 0 Å². The molecule has 6 unspecified atom stereocenters. The van der Waals surface area contributed by atoms with Crippen LogP contribution in [0.5, 0.6) is 0 Å². The zero-order valence-electron chi connectivity index (χ0n) is 17.8. The van der Waals surface area contributed by atoms with E-state index in [2.05, 4.69) is 6.92 Å². The minimum absolute atomic E-state index is 0.234. The van der Waals surface area contributed by atoms with Crippen molar-refractivity contribution in [1.82, 2.24) is 0 Å². The molecule has 0 saturated heterocycles. The second-order valence-corrected chi connectivity index (χ2v) is 9.63. The van der Waals surface area contributed by atoms with Crippen molar-refractivity contribution in [3.63, 3.8) is 0 Å². The molecule has 3 fully saturated rings. The number of carbonyl (C=O) groups excluding carboxylic acids is 2. The van der Waals surface area contributed by atoms with Crippen molar-refractivity contribution in [2.75, 3.05) is 0 Å². The van der Waals surface area contributed by atoms with Gasteiger partial charge in [0.25, 0.3) is 0 Å². The molecule has 4 aliphatic carbocycles. The molecule has 0 amide bonds. The first-order valence-corrected chi connectivity index (χ1v) is 11.4. The van der Waals surface area contributed by atoms with Gasteiger partial charge in [0.1, 0.15) is 12.2 Å². The van der Waals surface area contributed by atoms with Gasteiger partial charge in [-0.3, -0.25) is 0 Å². The molecule has 0 N–H and O–H groups in total. The molecule has 1 aromatic rings. The van der Waals surface area contributed by atoms with Crippen molar-refractivity contribution in [3.05, 3.63) is 58.7 Å². The lowest BCUT2D eigenvalue weighted by molar-refractivity contribution is -0.158. The summed E-state index contributed by atoms with van der Waals surface area (Å²) in [6.07, 6.45) is 9.54. The van der Waals surface area contributed by atoms with Crippen molar-refractivity contribution in [2.24, 2.45) is 23.7 Å². The van der Waals surface area contributed by atoms with E-state index in [9.17, 15) is 9.59 Å². The average Bonchev–Trinajstić information content (AvgIpc) is 3.42. The van der Waals surface area contributed by atoms with E-state index >= 15 is 0 Å². The van der Waals surface area contributed by atoms with E-state index in [1.165, 1.54) is 24.8 Å². The maximum absolute atomic E-state index is 12.9. The molecule has 0 spiro atoms. The highest BCUT2D eigenvalue weighted by Crippen LogP contribution is 2.60. The first kappa shape index (κ1) is 19.6. The number of esters is 2. The molecule has 5 rings (SSSR count). The smallest absolute Gasteiger partial charge is 0.338 e. The van der Waals surface area contributed by atoms with Crippen LogP contribution in [0.4, 0.5) is 0 Å². The number of hydrogen-bond acceptors (Lipinski definition) is 4. The molecule has 0 aromatic heterocycles. The van der Waals surface area contributed by atoms with Crippen LogP contribution >= 0.6 is 0 Å². The first-order valence-electron chi connectivity index (χ1n) is 11.4. The van der Waals surface area contributed by atoms with Gasteiger partial charge in [0.15, 0.2) is 0 Å². The molecule has 3 saturated carbocycles. The Kier molecular flexibility index (Phi) is 5.04. The van der Waals surface area contributed by atoms with E-state index in [1.54, 1.807) is 0 Å². The summed E-state index contributed by atoms with van der Waals surface area (Å²) < 4.78 is 12.1. The Balaban J connectivity index is 1.36. The highest BCUT2D eigenvalue weighted by molar-refractivity contribution is 5.90. The summed E-state index contributed by atoms with van der Waals surface area (Å²) in [4.78, 5) is 25.8. The van der Waals surface area contributed by atoms with E-state index in [-0.39, 0.29) is 24.1 Å². The van der Waals surface area contributed by atoms with Crippen LogP contribution in [0.2, 0.25) is 0 Å². The van der Waals surface area contributed by atoms with Crippen LogP contribution in [-0.2, 0) is 14.3 Å². The minimum Gasteiger partial charge on any atom is -0.455 e. The zero-order chi connectivity index (χ0) is 20.8. The summed E-state index contributed by atoms with van der Waals surface area (Å²) in [6, 6.07) is 7.47. The van der Waals surface area contributed by atoms with E-state index in [1.807, 2.05) is 43.3 Å². The summed E-state index contributed by atoms with van der Waals surface area (Å²) in [5.74, 6) is 1.33. The first-order chi connectivity index (χ1) is 14.5. The standard InChI is InChI=1S/C26H30O4/c1-15-6-10-17(11-7-15)25(27)29-23-21-14-22(20-5-3-4-19(20)21)24(23)30-26(28)18-12-8-16(2)9-13-18/h6-8,10-12,19-24H,3-5,9,13-14H2,1-2H3. The highest BCUT2D eigenvalue weighted by atomic mass is 16.6. The lowest BCUT2D eigenvalue weighted by Gasteiger charge is -2.37. The van der Waals surface area contributed by atoms with Crippen LogP contribution in [0.25, 0.3) is 0 Å². The quantitative estimate of drug-likeness (QED) is 0.648. The largest absolute Gasteiger partial charge is 0.455 e. The fraction of sp³-hybridized carbons (Fsp3) is 0.538. The van der Waals surface area contributed by atoms with Gasteiger partial charge >= 0.3 is 11.9 Å². The fourth-order valence-corrected chi connectivity index (χ4v) is 6.29. The Labute approximate surface area is 178 Å². The second kappa shape index (κ2) is 7.72. The van der Waals surface area contributed by atoms with E-state index < -0.39 is 0 Å². The third-order valence-corrected chi connectivity index (χ3v) is 7.83. The van der Waals surface area contributed by atoms with E-state index in [0.29, 0.717) is 29.2 Å². The average molecular weight is 407 g/mol. The van der Waals surface area contributed by atoms with Crippen LogP contribution in [0.1, 0.15) is 61.4 Å². The predicted octanol–water partition coefficient (Wildman–Crippen LogP) is 5.16. The molecule has 4 nitrogen and oxygen atoms in total. The molecule has 158 valence electrons. The molecular formula is C26H30O4. The summed E-state index contributed by atoms with van der Waals surface area (Å²) in [5.41, 5.74) is 3.68. The molecule has 0 aliphatic heterocycles. The van der Waals surface area contributed by atoms with E-state index in [0.717, 1.165) is 30.4 Å². The Morgan fingerprint density at radius 1 is 0.800 bits per heavy atom. The minimum atomic E-state index is -0.325. The molecule has 4 aliphatic rings. The summed E-state index contributed by atoms with van der Waals surface area (Å²) in [7, 11) is 0. The Morgan fingerprint density at radius 3 is 2.03 bits per heavy atom. The van der Waals surface area contributed by atoms with Gasteiger partial charge in [-0.05, 0) is 69.9 Å². The maximum atomic E-state index is 12.9. The fourth-order valence-electron chi connectivity index (χ4n) is 6.29. The van der Waals surface area contributed by atoms with Crippen LogP contribution in [0.3, 0.4) is 0 Å². The maximum Gasteiger partial charge on any atom is 0.338 e. The summed E-state index contributed by atoms with van der Waals surface area (Å²) >= 11 is 0. The molecule has 4 heteroatoms. The third kappa shape index (κ3) is 3.40. The number of carbonyl (C=O) groups is 2. The normalized spacial score (nSPS) is 34.2. The second-order valence-electron chi connectivity index (χ2n) is 9.63. The van der Waals surface area contributed by atoms with Crippen LogP contribution < -0.4 is 0 Å². The number of allylic oxidation sites excluding steroid dienone is 3. The van der Waals surface area contributed by atoms with Gasteiger partial charge in [-0.2, -0.15) is 0 Å². The number of aryl methyl sites for hydroxylation is 1. The van der Waals surface area contributed by atoms with Crippen molar-refractivity contribution in [2.45, 2.75) is 64.6 Å². The van der Waals surface area contributed by atoms with Crippen molar-refractivity contribution >= 4 is 11.9 Å². The van der Waals surface area contributed by atoms with E-state index in [4.69, 9.17) is 9.47 Å². The van der Waals surface area contributed by atoms with Gasteiger partial charge in [-0.1, -0.05) is 41.8 Å². The number of fused-ring (bicyclic) bond motifs is 5. The van der Waals surface area contributed by atoms with Gasteiger partial charge in [0.2, 0.25) is 0 Å². The SMILES string of the molecule is CC1=CC=C(C(=O)OC2C3CC(C4CCCC43)C2OC(=O)c2ccc(C)cc2)CC1. The summed E-state index contributed by atoms with van der Waals surface area (Å²) in [5, 5.41) is 0. The zero-order valence-corrected chi connectivity index (χ0v) is 17.8. The molecule has 6 atom stereocenters. The lowest BCUT2D eigenvalue weighted by Crippen LogP contribution is -2.45. The van der Waals surface area contributed by atoms with Crippen LogP contribution in [-0.4, -0.2) is 24.1 Å². The van der Waals surface area contributed by atoms with Crippen LogP contribution in [0, 0.1) is 30.6 Å². The van der Waals surface area contributed by atoms with Crippen molar-refractivity contribution in [3.8, 4) is 0 Å². The molecule has 1 aromatic carbocycles. The number of hydrogen-bond donors (Lipinski definition) is 0. The van der Waals surface area contributed by atoms with Gasteiger partial charge < -0.3 is 9.47 Å². The monoisotopic (exact) mass is 406 g/mol. The van der Waals surface area contributed by atoms with Gasteiger partial charge in [0, 0.05) is 17.4 Å². The summed E-state index contributed by atoms with van der Waals surface area (Å²) in [6.45, 7) is 4.08. The van der Waals surface area contributed by atoms with Crippen molar-refractivity contribution < 1.29 is 19.1 Å².